The molecule has 0 aliphatic rings. The maximum atomic E-state index is 10.5. The highest BCUT2D eigenvalue weighted by molar-refractivity contribution is 5.45. The van der Waals surface area contributed by atoms with Gasteiger partial charge >= 0.3 is 0 Å². The molecule has 0 aliphatic heterocycles. The van der Waals surface area contributed by atoms with E-state index >= 15 is 0 Å². The van der Waals surface area contributed by atoms with E-state index in [4.69, 9.17) is 11.5 Å². The minimum absolute atomic E-state index is 0.199. The molecule has 1 rings (SSSR count). The van der Waals surface area contributed by atoms with Crippen molar-refractivity contribution in [1.82, 2.24) is 4.98 Å². The summed E-state index contributed by atoms with van der Waals surface area (Å²) in [6.07, 6.45) is 3.74. The zero-order valence-corrected chi connectivity index (χ0v) is 10.2. The molecule has 90 valence electrons. The molecule has 0 radical (unpaired) electrons. The van der Waals surface area contributed by atoms with Crippen LogP contribution in [0.15, 0.2) is 18.5 Å². The number of nitrogens with zero attached hydrogens (tertiary/aromatic N) is 1. The monoisotopic (exact) mass is 223 g/mol. The van der Waals surface area contributed by atoms with Gasteiger partial charge in [-0.2, -0.15) is 0 Å². The van der Waals surface area contributed by atoms with Gasteiger partial charge in [-0.15, -0.1) is 0 Å². The number of aromatic nitrogens is 1. The van der Waals surface area contributed by atoms with Crippen molar-refractivity contribution in [1.29, 1.82) is 0 Å². The second-order valence-corrected chi connectivity index (χ2v) is 5.24. The van der Waals surface area contributed by atoms with Crippen LogP contribution >= 0.6 is 0 Å². The molecule has 16 heavy (non-hydrogen) atoms. The van der Waals surface area contributed by atoms with Crippen molar-refractivity contribution in [2.75, 3.05) is 12.3 Å². The Hall–Kier alpha value is -1.13. The lowest BCUT2D eigenvalue weighted by molar-refractivity contribution is -0.0489. The molecular formula is C12H21N3O. The van der Waals surface area contributed by atoms with E-state index in [-0.39, 0.29) is 12.0 Å². The number of anilines is 1. The van der Waals surface area contributed by atoms with Gasteiger partial charge in [0.25, 0.3) is 0 Å². The van der Waals surface area contributed by atoms with E-state index < -0.39 is 5.60 Å². The summed E-state index contributed by atoms with van der Waals surface area (Å²) in [5.41, 5.74) is 11.7. The minimum atomic E-state index is -0.968. The van der Waals surface area contributed by atoms with Crippen molar-refractivity contribution in [3.63, 3.8) is 0 Å². The van der Waals surface area contributed by atoms with Crippen LogP contribution in [0.5, 0.6) is 0 Å². The quantitative estimate of drug-likeness (QED) is 0.712. The Morgan fingerprint density at radius 3 is 2.44 bits per heavy atom. The van der Waals surface area contributed by atoms with Crippen LogP contribution in [0.4, 0.5) is 5.69 Å². The van der Waals surface area contributed by atoms with Crippen LogP contribution in [0.25, 0.3) is 0 Å². The molecule has 1 aromatic heterocycles. The third-order valence-corrected chi connectivity index (χ3v) is 3.16. The number of hydrogen-bond donors (Lipinski definition) is 3. The average Bonchev–Trinajstić information content (AvgIpc) is 2.19. The first-order valence-electron chi connectivity index (χ1n) is 5.41. The molecule has 1 heterocycles. The zero-order valence-electron chi connectivity index (χ0n) is 10.2. The van der Waals surface area contributed by atoms with Crippen molar-refractivity contribution in [2.24, 2.45) is 11.1 Å². The van der Waals surface area contributed by atoms with Crippen LogP contribution < -0.4 is 11.5 Å². The number of nitrogens with two attached hydrogens (primary N) is 2. The van der Waals surface area contributed by atoms with Gasteiger partial charge in [0.1, 0.15) is 0 Å². The number of aliphatic hydroxyl groups is 1. The summed E-state index contributed by atoms with van der Waals surface area (Å²) in [7, 11) is 0. The number of rotatable bonds is 3. The lowest BCUT2D eigenvalue weighted by atomic mass is 9.73. The van der Waals surface area contributed by atoms with Crippen molar-refractivity contribution in [2.45, 2.75) is 32.8 Å². The fraction of sp³-hybridized carbons (Fsp3) is 0.583. The van der Waals surface area contributed by atoms with Gasteiger partial charge in [0, 0.05) is 31.0 Å². The predicted octanol–water partition coefficient (Wildman–Crippen LogP) is 0.942. The van der Waals surface area contributed by atoms with Gasteiger partial charge in [-0.3, -0.25) is 4.98 Å². The summed E-state index contributed by atoms with van der Waals surface area (Å²) >= 11 is 0. The highest BCUT2D eigenvalue weighted by atomic mass is 16.3. The minimum Gasteiger partial charge on any atom is -0.398 e. The molecule has 0 amide bonds. The van der Waals surface area contributed by atoms with Crippen LogP contribution in [-0.4, -0.2) is 22.2 Å². The Morgan fingerprint density at radius 1 is 1.38 bits per heavy atom. The van der Waals surface area contributed by atoms with Crippen molar-refractivity contribution >= 4 is 5.69 Å². The first-order chi connectivity index (χ1) is 7.30. The van der Waals surface area contributed by atoms with Crippen LogP contribution in [0, 0.1) is 5.41 Å². The second-order valence-electron chi connectivity index (χ2n) is 5.24. The number of pyridine rings is 1. The Balaban J connectivity index is 2.99. The molecule has 0 bridgehead atoms. The molecule has 1 aromatic rings. The van der Waals surface area contributed by atoms with Gasteiger partial charge in [-0.1, -0.05) is 20.8 Å². The summed E-state index contributed by atoms with van der Waals surface area (Å²) in [6, 6.07) is 1.73. The first-order valence-corrected chi connectivity index (χ1v) is 5.41. The molecule has 4 nitrogen and oxygen atoms in total. The van der Waals surface area contributed by atoms with Gasteiger partial charge in [0.2, 0.25) is 0 Å². The highest BCUT2D eigenvalue weighted by Gasteiger charge is 2.39. The van der Waals surface area contributed by atoms with Crippen LogP contribution in [-0.2, 0) is 6.42 Å². The standard InChI is InChI=1S/C12H21N3O/c1-11(2,3)12(16,8-13)6-9-7-15-5-4-10(9)14/h4-5,7,16H,6,8,13H2,1-3H3,(H2,14,15). The summed E-state index contributed by atoms with van der Waals surface area (Å²) in [5.74, 6) is 0. The molecule has 0 fully saturated rings. The van der Waals surface area contributed by atoms with E-state index in [1.54, 1.807) is 18.5 Å². The molecule has 0 spiro atoms. The molecular weight excluding hydrogens is 202 g/mol. The molecule has 0 saturated heterocycles. The fourth-order valence-electron chi connectivity index (χ4n) is 1.54. The fourth-order valence-corrected chi connectivity index (χ4v) is 1.54. The van der Waals surface area contributed by atoms with E-state index in [1.807, 2.05) is 20.8 Å². The third-order valence-electron chi connectivity index (χ3n) is 3.16. The SMILES string of the molecule is CC(C)(C)C(O)(CN)Cc1cnccc1N. The van der Waals surface area contributed by atoms with E-state index in [1.165, 1.54) is 0 Å². The van der Waals surface area contributed by atoms with E-state index in [9.17, 15) is 5.11 Å². The Morgan fingerprint density at radius 2 is 2.00 bits per heavy atom. The molecule has 0 saturated carbocycles. The summed E-state index contributed by atoms with van der Waals surface area (Å²) in [5, 5.41) is 10.5. The normalized spacial score (nSPS) is 15.8. The summed E-state index contributed by atoms with van der Waals surface area (Å²) in [4.78, 5) is 4.01. The molecule has 5 N–H and O–H groups in total. The molecule has 4 heteroatoms. The van der Waals surface area contributed by atoms with E-state index in [0.29, 0.717) is 12.1 Å². The maximum Gasteiger partial charge on any atom is 0.0858 e. The first kappa shape index (κ1) is 12.9. The van der Waals surface area contributed by atoms with Crippen molar-refractivity contribution in [3.8, 4) is 0 Å². The van der Waals surface area contributed by atoms with Gasteiger partial charge in [0.15, 0.2) is 0 Å². The Bertz CT molecular complexity index is 360. The lowest BCUT2D eigenvalue weighted by Gasteiger charge is -2.39. The van der Waals surface area contributed by atoms with Gasteiger partial charge in [-0.05, 0) is 17.0 Å². The van der Waals surface area contributed by atoms with Crippen molar-refractivity contribution in [3.05, 3.63) is 24.0 Å². The third kappa shape index (κ3) is 2.51. The zero-order chi connectivity index (χ0) is 12.4. The summed E-state index contributed by atoms with van der Waals surface area (Å²) in [6.45, 7) is 6.09. The van der Waals surface area contributed by atoms with E-state index in [2.05, 4.69) is 4.98 Å². The molecule has 1 atom stereocenters. The largest absolute Gasteiger partial charge is 0.398 e. The van der Waals surface area contributed by atoms with Gasteiger partial charge < -0.3 is 16.6 Å². The maximum absolute atomic E-state index is 10.5. The van der Waals surface area contributed by atoms with Crippen LogP contribution in [0.3, 0.4) is 0 Å². The predicted molar refractivity (Wildman–Crippen MR) is 65.8 cm³/mol. The smallest absolute Gasteiger partial charge is 0.0858 e. The highest BCUT2D eigenvalue weighted by Crippen LogP contribution is 2.33. The average molecular weight is 223 g/mol. The molecule has 0 aromatic carbocycles. The summed E-state index contributed by atoms with van der Waals surface area (Å²) < 4.78 is 0. The second kappa shape index (κ2) is 4.39. The van der Waals surface area contributed by atoms with Crippen LogP contribution in [0.1, 0.15) is 26.3 Å². The lowest BCUT2D eigenvalue weighted by Crippen LogP contribution is -2.51. The molecule has 1 unspecified atom stereocenters. The number of nitrogen functional groups attached to an aromatic ring is 1. The van der Waals surface area contributed by atoms with Crippen LogP contribution in [0.2, 0.25) is 0 Å². The van der Waals surface area contributed by atoms with Gasteiger partial charge in [-0.25, -0.2) is 0 Å². The van der Waals surface area contributed by atoms with E-state index in [0.717, 1.165) is 5.56 Å². The Labute approximate surface area is 96.7 Å². The molecule has 0 aliphatic carbocycles. The van der Waals surface area contributed by atoms with Gasteiger partial charge in [0.05, 0.1) is 5.60 Å². The Kier molecular flexibility index (Phi) is 3.55. The topological polar surface area (TPSA) is 85.2 Å². The number of hydrogen-bond acceptors (Lipinski definition) is 4. The van der Waals surface area contributed by atoms with Crippen molar-refractivity contribution < 1.29 is 5.11 Å².